The molecule has 166 valence electrons. The molecule has 0 unspecified atom stereocenters. The quantitative estimate of drug-likeness (QED) is 0.526. The molecule has 0 saturated carbocycles. The molecule has 1 fully saturated rings. The normalized spacial score (nSPS) is 18.4. The summed E-state index contributed by atoms with van der Waals surface area (Å²) in [6.45, 7) is 2.17. The number of aryl methyl sites for hydroxylation is 1. The molecular formula is C26H27NO4S. The third-order valence-corrected chi connectivity index (χ3v) is 8.24. The Morgan fingerprint density at radius 2 is 1.47 bits per heavy atom. The van der Waals surface area contributed by atoms with E-state index in [-0.39, 0.29) is 17.9 Å². The van der Waals surface area contributed by atoms with Crippen molar-refractivity contribution in [2.24, 2.45) is 0 Å². The average Bonchev–Trinajstić information content (AvgIpc) is 3.21. The Bertz CT molecular complexity index is 1140. The molecule has 1 saturated heterocycles. The fourth-order valence-corrected chi connectivity index (χ4v) is 6.32. The minimum Gasteiger partial charge on any atom is -0.469 e. The predicted octanol–water partition coefficient (Wildman–Crippen LogP) is 4.31. The summed E-state index contributed by atoms with van der Waals surface area (Å²) in [7, 11) is -2.49. The number of carbonyl (C=O) groups is 1. The van der Waals surface area contributed by atoms with Crippen molar-refractivity contribution in [2.75, 3.05) is 13.7 Å². The van der Waals surface area contributed by atoms with E-state index in [1.165, 1.54) is 11.4 Å². The molecule has 1 aliphatic rings. The molecule has 6 heteroatoms. The topological polar surface area (TPSA) is 63.7 Å². The highest BCUT2D eigenvalue weighted by atomic mass is 32.2. The first-order chi connectivity index (χ1) is 15.4. The standard InChI is InChI=1S/C26H27NO4S/c1-20-13-15-24(16-14-20)32(29,30)27-19-26(21-9-5-3-6-10-21,22-11-7-4-8-12-22)18-23(27)17-25(28)31-2/h3-16,23H,17-19H2,1-2H3/t23-/m1/s1. The van der Waals surface area contributed by atoms with Gasteiger partial charge in [0.25, 0.3) is 0 Å². The Kier molecular flexibility index (Phi) is 6.17. The molecule has 32 heavy (non-hydrogen) atoms. The lowest BCUT2D eigenvalue weighted by molar-refractivity contribution is -0.141. The van der Waals surface area contributed by atoms with E-state index in [1.54, 1.807) is 24.3 Å². The van der Waals surface area contributed by atoms with E-state index >= 15 is 0 Å². The van der Waals surface area contributed by atoms with Gasteiger partial charge in [0.15, 0.2) is 0 Å². The first-order valence-corrected chi connectivity index (χ1v) is 12.1. The Hall–Kier alpha value is -2.96. The molecular weight excluding hydrogens is 422 g/mol. The van der Waals surface area contributed by atoms with Crippen molar-refractivity contribution in [3.05, 3.63) is 102 Å². The molecule has 0 radical (unpaired) electrons. The monoisotopic (exact) mass is 449 g/mol. The minimum absolute atomic E-state index is 0.00298. The van der Waals surface area contributed by atoms with Crippen molar-refractivity contribution in [2.45, 2.75) is 36.1 Å². The van der Waals surface area contributed by atoms with Crippen LogP contribution in [0.25, 0.3) is 0 Å². The SMILES string of the molecule is COC(=O)C[C@@H]1CC(c2ccccc2)(c2ccccc2)CN1S(=O)(=O)c1ccc(C)cc1. The van der Waals surface area contributed by atoms with Gasteiger partial charge in [-0.1, -0.05) is 78.4 Å². The van der Waals surface area contributed by atoms with Gasteiger partial charge in [-0.05, 0) is 36.6 Å². The van der Waals surface area contributed by atoms with Crippen LogP contribution in [0.3, 0.4) is 0 Å². The molecule has 0 bridgehead atoms. The van der Waals surface area contributed by atoms with E-state index in [1.807, 2.05) is 67.6 Å². The molecule has 3 aromatic rings. The Morgan fingerprint density at radius 1 is 0.938 bits per heavy atom. The number of methoxy groups -OCH3 is 1. The van der Waals surface area contributed by atoms with Crippen LogP contribution in [0.2, 0.25) is 0 Å². The number of esters is 1. The highest BCUT2D eigenvalue weighted by Gasteiger charge is 2.51. The van der Waals surface area contributed by atoms with Gasteiger partial charge in [0.2, 0.25) is 10.0 Å². The van der Waals surface area contributed by atoms with Gasteiger partial charge in [0.05, 0.1) is 18.4 Å². The second-order valence-corrected chi connectivity index (χ2v) is 10.2. The van der Waals surface area contributed by atoms with Crippen LogP contribution in [0.15, 0.2) is 89.8 Å². The van der Waals surface area contributed by atoms with Gasteiger partial charge < -0.3 is 4.74 Å². The van der Waals surface area contributed by atoms with Gasteiger partial charge >= 0.3 is 5.97 Å². The maximum atomic E-state index is 13.8. The Morgan fingerprint density at radius 3 is 1.97 bits per heavy atom. The number of rotatable bonds is 6. The lowest BCUT2D eigenvalue weighted by Gasteiger charge is -2.30. The molecule has 1 aliphatic heterocycles. The molecule has 5 nitrogen and oxygen atoms in total. The molecule has 0 N–H and O–H groups in total. The number of carbonyl (C=O) groups excluding carboxylic acids is 1. The van der Waals surface area contributed by atoms with Gasteiger partial charge in [0, 0.05) is 18.0 Å². The highest BCUT2D eigenvalue weighted by molar-refractivity contribution is 7.89. The van der Waals surface area contributed by atoms with Gasteiger partial charge in [-0.3, -0.25) is 4.79 Å². The van der Waals surface area contributed by atoms with Crippen LogP contribution in [0.4, 0.5) is 0 Å². The van der Waals surface area contributed by atoms with Crippen LogP contribution in [0.5, 0.6) is 0 Å². The number of sulfonamides is 1. The number of benzene rings is 3. The molecule has 0 spiro atoms. The van der Waals surface area contributed by atoms with Crippen LogP contribution >= 0.6 is 0 Å². The zero-order valence-corrected chi connectivity index (χ0v) is 19.1. The van der Waals surface area contributed by atoms with Crippen LogP contribution < -0.4 is 0 Å². The number of nitrogens with zero attached hydrogens (tertiary/aromatic N) is 1. The highest BCUT2D eigenvalue weighted by Crippen LogP contribution is 2.46. The fourth-order valence-electron chi connectivity index (χ4n) is 4.64. The summed E-state index contributed by atoms with van der Waals surface area (Å²) in [5.41, 5.74) is 2.48. The third-order valence-electron chi connectivity index (χ3n) is 6.33. The van der Waals surface area contributed by atoms with Crippen molar-refractivity contribution in [1.29, 1.82) is 0 Å². The van der Waals surface area contributed by atoms with E-state index in [9.17, 15) is 13.2 Å². The zero-order valence-electron chi connectivity index (χ0n) is 18.3. The zero-order chi connectivity index (χ0) is 22.8. The summed E-state index contributed by atoms with van der Waals surface area (Å²) < 4.78 is 33.9. The molecule has 3 aromatic carbocycles. The lowest BCUT2D eigenvalue weighted by atomic mass is 9.72. The van der Waals surface area contributed by atoms with Crippen LogP contribution in [0, 0.1) is 6.92 Å². The average molecular weight is 450 g/mol. The van der Waals surface area contributed by atoms with E-state index in [2.05, 4.69) is 0 Å². The van der Waals surface area contributed by atoms with Crippen molar-refractivity contribution in [3.8, 4) is 0 Å². The summed E-state index contributed by atoms with van der Waals surface area (Å²) in [5.74, 6) is -0.420. The molecule has 0 amide bonds. The first kappa shape index (κ1) is 22.2. The van der Waals surface area contributed by atoms with Crippen LogP contribution in [-0.2, 0) is 25.0 Å². The van der Waals surface area contributed by atoms with E-state index in [0.717, 1.165) is 16.7 Å². The van der Waals surface area contributed by atoms with Crippen LogP contribution in [0.1, 0.15) is 29.5 Å². The summed E-state index contributed by atoms with van der Waals surface area (Å²) in [6, 6.07) is 26.2. The Balaban J connectivity index is 1.85. The molecule has 4 rings (SSSR count). The second kappa shape index (κ2) is 8.88. The van der Waals surface area contributed by atoms with Crippen LogP contribution in [-0.4, -0.2) is 38.4 Å². The number of ether oxygens (including phenoxy) is 1. The largest absolute Gasteiger partial charge is 0.469 e. The van der Waals surface area contributed by atoms with E-state index < -0.39 is 27.4 Å². The Labute approximate surface area is 189 Å². The summed E-state index contributed by atoms with van der Waals surface area (Å²) in [6.07, 6.45) is 0.490. The maximum absolute atomic E-state index is 13.8. The predicted molar refractivity (Wildman–Crippen MR) is 124 cm³/mol. The second-order valence-electron chi connectivity index (χ2n) is 8.32. The maximum Gasteiger partial charge on any atom is 0.307 e. The van der Waals surface area contributed by atoms with Gasteiger partial charge in [-0.25, -0.2) is 8.42 Å². The third kappa shape index (κ3) is 4.08. The van der Waals surface area contributed by atoms with E-state index in [0.29, 0.717) is 6.42 Å². The van der Waals surface area contributed by atoms with Crippen molar-refractivity contribution in [1.82, 2.24) is 4.31 Å². The minimum atomic E-state index is -3.82. The van der Waals surface area contributed by atoms with Crippen molar-refractivity contribution < 1.29 is 17.9 Å². The number of hydrogen-bond donors (Lipinski definition) is 0. The van der Waals surface area contributed by atoms with Crippen molar-refractivity contribution in [3.63, 3.8) is 0 Å². The first-order valence-electron chi connectivity index (χ1n) is 10.6. The fraction of sp³-hybridized carbons (Fsp3) is 0.269. The molecule has 0 aromatic heterocycles. The van der Waals surface area contributed by atoms with Gasteiger partial charge in [0.1, 0.15) is 0 Å². The van der Waals surface area contributed by atoms with Gasteiger partial charge in [-0.2, -0.15) is 4.31 Å². The number of hydrogen-bond acceptors (Lipinski definition) is 4. The molecule has 1 heterocycles. The molecule has 1 atom stereocenters. The van der Waals surface area contributed by atoms with Gasteiger partial charge in [-0.15, -0.1) is 0 Å². The summed E-state index contributed by atoms with van der Waals surface area (Å²) in [5, 5.41) is 0. The summed E-state index contributed by atoms with van der Waals surface area (Å²) >= 11 is 0. The smallest absolute Gasteiger partial charge is 0.307 e. The van der Waals surface area contributed by atoms with E-state index in [4.69, 9.17) is 4.74 Å². The lowest BCUT2D eigenvalue weighted by Crippen LogP contribution is -2.38. The summed E-state index contributed by atoms with van der Waals surface area (Å²) in [4.78, 5) is 12.5. The van der Waals surface area contributed by atoms with Crippen molar-refractivity contribution >= 4 is 16.0 Å². The molecule has 0 aliphatic carbocycles.